The summed E-state index contributed by atoms with van der Waals surface area (Å²) in [6.07, 6.45) is 3.97. The number of aryl methyl sites for hydroxylation is 3. The van der Waals surface area contributed by atoms with Gasteiger partial charge in [0.1, 0.15) is 0 Å². The molecule has 0 aromatic heterocycles. The van der Waals surface area contributed by atoms with E-state index in [0.717, 1.165) is 44.3 Å². The van der Waals surface area contributed by atoms with E-state index in [4.69, 9.17) is 17.2 Å². The number of nitrogens with zero attached hydrogens (tertiary/aromatic N) is 3. The molecule has 1 aliphatic heterocycles. The maximum atomic E-state index is 14.0. The first-order chi connectivity index (χ1) is 20.5. The Balaban J connectivity index is 1.53. The van der Waals surface area contributed by atoms with E-state index in [1.54, 1.807) is 0 Å². The van der Waals surface area contributed by atoms with Gasteiger partial charge in [-0.1, -0.05) is 74.0 Å². The molecule has 0 bridgehead atoms. The molecule has 3 aromatic rings. The second kappa shape index (κ2) is 14.8. The molecule has 7 nitrogen and oxygen atoms in total. The van der Waals surface area contributed by atoms with Gasteiger partial charge in [0.2, 0.25) is 5.91 Å². The number of fused-ring (bicyclic) bond motifs is 1. The molecule has 1 heterocycles. The molecule has 3 aromatic carbocycles. The zero-order valence-corrected chi connectivity index (χ0v) is 26.9. The summed E-state index contributed by atoms with van der Waals surface area (Å²) in [6, 6.07) is 19.5. The molecule has 0 saturated carbocycles. The molecule has 4 rings (SSSR count). The van der Waals surface area contributed by atoms with E-state index in [1.807, 2.05) is 12.1 Å². The van der Waals surface area contributed by atoms with Crippen LogP contribution >= 0.6 is 0 Å². The quantitative estimate of drug-likeness (QED) is 0.160. The van der Waals surface area contributed by atoms with E-state index in [2.05, 4.69) is 91.9 Å². The molecule has 43 heavy (non-hydrogen) atoms. The van der Waals surface area contributed by atoms with Crippen LogP contribution in [0.15, 0.2) is 59.6 Å². The Morgan fingerprint density at radius 1 is 0.953 bits per heavy atom. The van der Waals surface area contributed by atoms with Gasteiger partial charge in [-0.15, -0.1) is 0 Å². The van der Waals surface area contributed by atoms with Gasteiger partial charge in [-0.05, 0) is 85.4 Å². The van der Waals surface area contributed by atoms with Crippen LogP contribution in [-0.4, -0.2) is 66.0 Å². The normalized spacial score (nSPS) is 18.3. The minimum absolute atomic E-state index is 0.000125. The van der Waals surface area contributed by atoms with Gasteiger partial charge in [-0.25, -0.2) is 0 Å². The summed E-state index contributed by atoms with van der Waals surface area (Å²) in [5, 5.41) is 2.36. The van der Waals surface area contributed by atoms with Crippen LogP contribution in [0.25, 0.3) is 10.8 Å². The number of amides is 1. The van der Waals surface area contributed by atoms with Crippen molar-refractivity contribution in [3.63, 3.8) is 0 Å². The van der Waals surface area contributed by atoms with Crippen molar-refractivity contribution in [3.05, 3.63) is 82.4 Å². The number of benzene rings is 3. The number of piperazine rings is 1. The van der Waals surface area contributed by atoms with E-state index in [9.17, 15) is 4.79 Å². The van der Waals surface area contributed by atoms with E-state index < -0.39 is 0 Å². The van der Waals surface area contributed by atoms with Crippen molar-refractivity contribution in [2.45, 2.75) is 84.8 Å². The standard InChI is InChI=1S/C36H52N6O/c1-24(2)15-33-22-41(21-31(37)20-34-26(4)16-25(3)17-27(34)5)32(11-8-14-40-36(38)39)23-42(33)35(43)19-28-12-13-29-9-6-7-10-30(29)18-28/h6-7,9-10,12-13,16-18,24,31-33H,8,11,14-15,19-23,37H2,1-5H3,(H4,38,39,40)/t31-,32+,33-/m1/s1. The first kappa shape index (κ1) is 32.5. The van der Waals surface area contributed by atoms with Gasteiger partial charge >= 0.3 is 0 Å². The van der Waals surface area contributed by atoms with Gasteiger partial charge in [0.05, 0.1) is 6.42 Å². The van der Waals surface area contributed by atoms with Crippen molar-refractivity contribution in [3.8, 4) is 0 Å². The maximum Gasteiger partial charge on any atom is 0.227 e. The number of rotatable bonds is 12. The fourth-order valence-corrected chi connectivity index (χ4v) is 6.88. The number of hydrogen-bond acceptors (Lipinski definition) is 4. The van der Waals surface area contributed by atoms with E-state index in [1.165, 1.54) is 33.0 Å². The summed E-state index contributed by atoms with van der Waals surface area (Å²) in [7, 11) is 0. The average Bonchev–Trinajstić information content (AvgIpc) is 2.93. The summed E-state index contributed by atoms with van der Waals surface area (Å²) in [6.45, 7) is 13.9. The Labute approximate surface area is 258 Å². The van der Waals surface area contributed by atoms with Gasteiger partial charge in [-0.2, -0.15) is 0 Å². The SMILES string of the molecule is Cc1cc(C)c(C[C@@H](N)CN2C[C@@H](CC(C)C)N(C(=O)Cc3ccc4ccccc4c3)C[C@@H]2CCCN=C(N)N)c(C)c1. The Morgan fingerprint density at radius 2 is 1.65 bits per heavy atom. The molecule has 0 aliphatic carbocycles. The third-order valence-corrected chi connectivity index (χ3v) is 8.81. The molecule has 1 saturated heterocycles. The third kappa shape index (κ3) is 9.04. The second-order valence-electron chi connectivity index (χ2n) is 13.1. The Morgan fingerprint density at radius 3 is 2.33 bits per heavy atom. The lowest BCUT2D eigenvalue weighted by Gasteiger charge is -2.48. The lowest BCUT2D eigenvalue weighted by molar-refractivity contribution is -0.138. The van der Waals surface area contributed by atoms with Crippen molar-refractivity contribution in [1.82, 2.24) is 9.80 Å². The highest BCUT2D eigenvalue weighted by atomic mass is 16.2. The first-order valence-electron chi connectivity index (χ1n) is 15.9. The first-order valence-corrected chi connectivity index (χ1v) is 15.9. The largest absolute Gasteiger partial charge is 0.370 e. The highest BCUT2D eigenvalue weighted by Crippen LogP contribution is 2.26. The summed E-state index contributed by atoms with van der Waals surface area (Å²) in [5.74, 6) is 0.799. The average molecular weight is 585 g/mol. The topological polar surface area (TPSA) is 114 Å². The van der Waals surface area contributed by atoms with Gasteiger partial charge in [-0.3, -0.25) is 14.7 Å². The third-order valence-electron chi connectivity index (χ3n) is 8.81. The van der Waals surface area contributed by atoms with E-state index >= 15 is 0 Å². The molecule has 1 aliphatic rings. The number of carbonyl (C=O) groups is 1. The fraction of sp³-hybridized carbons (Fsp3) is 0.500. The highest BCUT2D eigenvalue weighted by molar-refractivity contribution is 5.85. The minimum Gasteiger partial charge on any atom is -0.370 e. The van der Waals surface area contributed by atoms with Gasteiger partial charge in [0, 0.05) is 44.3 Å². The number of nitrogens with two attached hydrogens (primary N) is 3. The van der Waals surface area contributed by atoms with Gasteiger partial charge in [0.15, 0.2) is 5.96 Å². The van der Waals surface area contributed by atoms with Crippen molar-refractivity contribution < 1.29 is 4.79 Å². The van der Waals surface area contributed by atoms with Crippen molar-refractivity contribution in [2.24, 2.45) is 28.1 Å². The molecule has 3 atom stereocenters. The smallest absolute Gasteiger partial charge is 0.227 e. The Kier molecular flexibility index (Phi) is 11.2. The Hall–Kier alpha value is -3.42. The van der Waals surface area contributed by atoms with Crippen molar-refractivity contribution in [1.29, 1.82) is 0 Å². The molecule has 232 valence electrons. The molecule has 0 unspecified atom stereocenters. The molecule has 0 radical (unpaired) electrons. The molecule has 7 heteroatoms. The molecule has 0 spiro atoms. The van der Waals surface area contributed by atoms with Crippen LogP contribution in [-0.2, 0) is 17.6 Å². The number of guanidine groups is 1. The summed E-state index contributed by atoms with van der Waals surface area (Å²) in [4.78, 5) is 22.9. The Bertz CT molecular complexity index is 1390. The monoisotopic (exact) mass is 584 g/mol. The van der Waals surface area contributed by atoms with Crippen LogP contribution in [0.3, 0.4) is 0 Å². The van der Waals surface area contributed by atoms with Crippen LogP contribution < -0.4 is 17.2 Å². The number of hydrogen-bond donors (Lipinski definition) is 3. The zero-order valence-electron chi connectivity index (χ0n) is 26.9. The lowest BCUT2D eigenvalue weighted by Crippen LogP contribution is -2.62. The molecule has 1 amide bonds. The van der Waals surface area contributed by atoms with Crippen molar-refractivity contribution in [2.75, 3.05) is 26.2 Å². The molecular formula is C36H52N6O. The predicted molar refractivity (Wildman–Crippen MR) is 180 cm³/mol. The predicted octanol–water partition coefficient (Wildman–Crippen LogP) is 4.86. The van der Waals surface area contributed by atoms with E-state index in [-0.39, 0.29) is 30.0 Å². The van der Waals surface area contributed by atoms with Gasteiger partial charge in [0.25, 0.3) is 0 Å². The highest BCUT2D eigenvalue weighted by Gasteiger charge is 2.36. The van der Waals surface area contributed by atoms with Crippen LogP contribution in [0.2, 0.25) is 0 Å². The number of carbonyl (C=O) groups excluding carboxylic acids is 1. The van der Waals surface area contributed by atoms with Gasteiger partial charge < -0.3 is 22.1 Å². The molecule has 1 fully saturated rings. The van der Waals surface area contributed by atoms with Crippen LogP contribution in [0, 0.1) is 26.7 Å². The molecule has 6 N–H and O–H groups in total. The zero-order chi connectivity index (χ0) is 31.1. The minimum atomic E-state index is -0.000125. The van der Waals surface area contributed by atoms with Crippen LogP contribution in [0.5, 0.6) is 0 Å². The van der Waals surface area contributed by atoms with Crippen LogP contribution in [0.4, 0.5) is 0 Å². The maximum absolute atomic E-state index is 14.0. The summed E-state index contributed by atoms with van der Waals surface area (Å²) in [5.41, 5.74) is 24.4. The molecular weight excluding hydrogens is 532 g/mol. The number of aliphatic imine (C=N–C) groups is 1. The van der Waals surface area contributed by atoms with E-state index in [0.29, 0.717) is 25.4 Å². The fourth-order valence-electron chi connectivity index (χ4n) is 6.88. The second-order valence-corrected chi connectivity index (χ2v) is 13.1. The van der Waals surface area contributed by atoms with Crippen LogP contribution in [0.1, 0.15) is 60.9 Å². The van der Waals surface area contributed by atoms with Crippen molar-refractivity contribution >= 4 is 22.6 Å². The summed E-state index contributed by atoms with van der Waals surface area (Å²) < 4.78 is 0. The summed E-state index contributed by atoms with van der Waals surface area (Å²) >= 11 is 0. The lowest BCUT2D eigenvalue weighted by atomic mass is 9.92.